The van der Waals surface area contributed by atoms with Crippen molar-refractivity contribution in [1.82, 2.24) is 14.6 Å². The standard InChI is InChI=1S/C23H23N3O5/c1-4-13(2)31-22(28)23(9-10-23)21-24-19-18(29-3)8-7-17(26(19)25-21)14-5-6-16-15(11-14)12-30-20(16)27/h5-8,11,13H,4,9-10,12H2,1-3H3/t13-/m1/s1. The van der Waals surface area contributed by atoms with Crippen molar-refractivity contribution in [2.24, 2.45) is 0 Å². The molecule has 0 amide bonds. The molecule has 1 saturated carbocycles. The van der Waals surface area contributed by atoms with Crippen molar-refractivity contribution in [2.45, 2.75) is 51.2 Å². The number of hydrogen-bond donors (Lipinski definition) is 0. The molecule has 0 saturated heterocycles. The molecule has 2 aliphatic rings. The van der Waals surface area contributed by atoms with Crippen LogP contribution in [0.3, 0.4) is 0 Å². The molecule has 31 heavy (non-hydrogen) atoms. The second-order valence-electron chi connectivity index (χ2n) is 8.11. The maximum atomic E-state index is 12.9. The van der Waals surface area contributed by atoms with Crippen molar-refractivity contribution in [3.05, 3.63) is 47.3 Å². The van der Waals surface area contributed by atoms with Crippen molar-refractivity contribution in [2.75, 3.05) is 7.11 Å². The number of carbonyl (C=O) groups excluding carboxylic acids is 2. The van der Waals surface area contributed by atoms with E-state index in [9.17, 15) is 9.59 Å². The van der Waals surface area contributed by atoms with Gasteiger partial charge in [-0.05, 0) is 50.5 Å². The molecule has 1 aliphatic carbocycles. The van der Waals surface area contributed by atoms with E-state index >= 15 is 0 Å². The number of benzene rings is 1. The number of aromatic nitrogens is 3. The van der Waals surface area contributed by atoms with E-state index in [0.717, 1.165) is 23.2 Å². The Morgan fingerprint density at radius 2 is 2.10 bits per heavy atom. The van der Waals surface area contributed by atoms with Crippen molar-refractivity contribution < 1.29 is 23.8 Å². The van der Waals surface area contributed by atoms with Crippen molar-refractivity contribution in [3.8, 4) is 17.0 Å². The maximum Gasteiger partial charge on any atom is 0.338 e. The molecule has 0 N–H and O–H groups in total. The Labute approximate surface area is 179 Å². The zero-order valence-corrected chi connectivity index (χ0v) is 17.7. The van der Waals surface area contributed by atoms with E-state index in [-0.39, 0.29) is 24.6 Å². The van der Waals surface area contributed by atoms with Gasteiger partial charge in [0, 0.05) is 11.1 Å². The summed E-state index contributed by atoms with van der Waals surface area (Å²) in [4.78, 5) is 29.3. The molecule has 2 aromatic heterocycles. The summed E-state index contributed by atoms with van der Waals surface area (Å²) in [5, 5.41) is 4.72. The molecule has 0 spiro atoms. The molecule has 1 fully saturated rings. The van der Waals surface area contributed by atoms with E-state index in [1.165, 1.54) is 0 Å². The Bertz CT molecular complexity index is 1210. The van der Waals surface area contributed by atoms with Gasteiger partial charge in [-0.2, -0.15) is 0 Å². The van der Waals surface area contributed by atoms with E-state index in [2.05, 4.69) is 4.98 Å². The highest BCUT2D eigenvalue weighted by Crippen LogP contribution is 2.48. The number of hydrogen-bond acceptors (Lipinski definition) is 7. The lowest BCUT2D eigenvalue weighted by atomic mass is 10.0. The van der Waals surface area contributed by atoms with Crippen LogP contribution in [0, 0.1) is 0 Å². The van der Waals surface area contributed by atoms with E-state index in [1.54, 1.807) is 17.7 Å². The van der Waals surface area contributed by atoms with Crippen LogP contribution in [0.5, 0.6) is 5.75 Å². The summed E-state index contributed by atoms with van der Waals surface area (Å²) in [5.74, 6) is 0.436. The van der Waals surface area contributed by atoms with Crippen molar-refractivity contribution in [3.63, 3.8) is 0 Å². The minimum Gasteiger partial charge on any atom is -0.493 e. The van der Waals surface area contributed by atoms with Gasteiger partial charge in [0.05, 0.1) is 24.5 Å². The Morgan fingerprint density at radius 3 is 2.81 bits per heavy atom. The van der Waals surface area contributed by atoms with Gasteiger partial charge < -0.3 is 14.2 Å². The van der Waals surface area contributed by atoms with Crippen LogP contribution < -0.4 is 4.74 Å². The molecule has 0 bridgehead atoms. The van der Waals surface area contributed by atoms with Gasteiger partial charge in [0.15, 0.2) is 17.2 Å². The number of pyridine rings is 1. The van der Waals surface area contributed by atoms with E-state index in [1.807, 2.05) is 38.1 Å². The van der Waals surface area contributed by atoms with Gasteiger partial charge >= 0.3 is 11.9 Å². The molecule has 8 heteroatoms. The minimum atomic E-state index is -0.796. The van der Waals surface area contributed by atoms with Gasteiger partial charge in [0.1, 0.15) is 12.0 Å². The van der Waals surface area contributed by atoms with Gasteiger partial charge in [0.25, 0.3) is 0 Å². The number of cyclic esters (lactones) is 1. The van der Waals surface area contributed by atoms with E-state index in [4.69, 9.17) is 19.3 Å². The summed E-state index contributed by atoms with van der Waals surface area (Å²) in [7, 11) is 1.58. The predicted octanol–water partition coefficient (Wildman–Crippen LogP) is 3.45. The lowest BCUT2D eigenvalue weighted by molar-refractivity contribution is -0.151. The molecule has 5 rings (SSSR count). The van der Waals surface area contributed by atoms with Gasteiger partial charge in [-0.3, -0.25) is 4.79 Å². The number of methoxy groups -OCH3 is 1. The first-order valence-corrected chi connectivity index (χ1v) is 10.4. The summed E-state index contributed by atoms with van der Waals surface area (Å²) >= 11 is 0. The van der Waals surface area contributed by atoms with Gasteiger partial charge in [-0.25, -0.2) is 14.3 Å². The highest BCUT2D eigenvalue weighted by atomic mass is 16.5. The minimum absolute atomic E-state index is 0.150. The van der Waals surface area contributed by atoms with Crippen LogP contribution in [-0.4, -0.2) is 39.8 Å². The molecule has 3 aromatic rings. The lowest BCUT2D eigenvalue weighted by Gasteiger charge is -2.15. The SMILES string of the molecule is CC[C@@H](C)OC(=O)C1(c2nc3c(OC)ccc(-c4ccc5c(c4)COC5=O)n3n2)CC1. The molecule has 160 valence electrons. The number of carbonyl (C=O) groups is 2. The molecule has 1 aliphatic heterocycles. The van der Waals surface area contributed by atoms with Crippen molar-refractivity contribution in [1.29, 1.82) is 0 Å². The van der Waals surface area contributed by atoms with Crippen LogP contribution in [0.1, 0.15) is 54.9 Å². The number of rotatable bonds is 6. The van der Waals surface area contributed by atoms with Crippen LogP contribution in [-0.2, 0) is 26.3 Å². The zero-order valence-electron chi connectivity index (χ0n) is 17.7. The smallest absolute Gasteiger partial charge is 0.338 e. The Morgan fingerprint density at radius 1 is 1.29 bits per heavy atom. The highest BCUT2D eigenvalue weighted by Gasteiger charge is 2.56. The Hall–Kier alpha value is -3.42. The molecule has 0 unspecified atom stereocenters. The fourth-order valence-corrected chi connectivity index (χ4v) is 3.84. The second-order valence-corrected chi connectivity index (χ2v) is 8.11. The lowest BCUT2D eigenvalue weighted by Crippen LogP contribution is -2.28. The predicted molar refractivity (Wildman–Crippen MR) is 111 cm³/mol. The molecule has 8 nitrogen and oxygen atoms in total. The Balaban J connectivity index is 1.60. The van der Waals surface area contributed by atoms with E-state index in [0.29, 0.717) is 35.6 Å². The van der Waals surface area contributed by atoms with Crippen LogP contribution in [0.25, 0.3) is 16.9 Å². The van der Waals surface area contributed by atoms with Gasteiger partial charge in [0.2, 0.25) is 0 Å². The topological polar surface area (TPSA) is 92.0 Å². The third kappa shape index (κ3) is 3.05. The summed E-state index contributed by atoms with van der Waals surface area (Å²) in [5.41, 5.74) is 2.80. The summed E-state index contributed by atoms with van der Waals surface area (Å²) < 4.78 is 17.9. The van der Waals surface area contributed by atoms with Crippen LogP contribution in [0.2, 0.25) is 0 Å². The monoisotopic (exact) mass is 421 g/mol. The van der Waals surface area contributed by atoms with Crippen LogP contribution >= 0.6 is 0 Å². The summed E-state index contributed by atoms with van der Waals surface area (Å²) in [6, 6.07) is 9.26. The number of fused-ring (bicyclic) bond motifs is 2. The molecular formula is C23H23N3O5. The molecule has 3 heterocycles. The van der Waals surface area contributed by atoms with E-state index < -0.39 is 5.41 Å². The van der Waals surface area contributed by atoms with Gasteiger partial charge in [-0.15, -0.1) is 5.10 Å². The third-order valence-corrected chi connectivity index (χ3v) is 6.10. The fraction of sp³-hybridized carbons (Fsp3) is 0.391. The summed E-state index contributed by atoms with van der Waals surface area (Å²) in [6.45, 7) is 4.12. The zero-order chi connectivity index (χ0) is 21.8. The summed E-state index contributed by atoms with van der Waals surface area (Å²) in [6.07, 6.45) is 1.93. The van der Waals surface area contributed by atoms with Crippen molar-refractivity contribution >= 4 is 17.6 Å². The number of ether oxygens (including phenoxy) is 3. The number of nitrogens with zero attached hydrogens (tertiary/aromatic N) is 3. The van der Waals surface area contributed by atoms with Gasteiger partial charge in [-0.1, -0.05) is 13.0 Å². The van der Waals surface area contributed by atoms with Crippen LogP contribution in [0.15, 0.2) is 30.3 Å². The first-order chi connectivity index (χ1) is 15.0. The highest BCUT2D eigenvalue weighted by molar-refractivity contribution is 5.94. The largest absolute Gasteiger partial charge is 0.493 e. The Kier molecular flexibility index (Phi) is 4.46. The molecule has 0 radical (unpaired) electrons. The fourth-order valence-electron chi connectivity index (χ4n) is 3.84. The molecule has 1 atom stereocenters. The first-order valence-electron chi connectivity index (χ1n) is 10.4. The van der Waals surface area contributed by atoms with Crippen LogP contribution in [0.4, 0.5) is 0 Å². The molecular weight excluding hydrogens is 398 g/mol. The second kappa shape index (κ2) is 7.08. The first kappa shape index (κ1) is 19.5. The molecule has 1 aromatic carbocycles. The third-order valence-electron chi connectivity index (χ3n) is 6.10. The normalized spacial score (nSPS) is 17.2. The maximum absolute atomic E-state index is 12.9. The number of esters is 2. The quantitative estimate of drug-likeness (QED) is 0.563. The average molecular weight is 421 g/mol. The average Bonchev–Trinajstić information content (AvgIpc) is 3.34.